The second-order valence-electron chi connectivity index (χ2n) is 10.3. The molecule has 1 unspecified atom stereocenters. The van der Waals surface area contributed by atoms with Gasteiger partial charge in [-0.25, -0.2) is 4.98 Å². The number of imidazole rings is 1. The summed E-state index contributed by atoms with van der Waals surface area (Å²) >= 11 is 0. The van der Waals surface area contributed by atoms with Crippen LogP contribution in [-0.4, -0.2) is 32.3 Å². The second kappa shape index (κ2) is 12.6. The van der Waals surface area contributed by atoms with Crippen LogP contribution < -0.4 is 5.32 Å². The molecule has 1 heterocycles. The van der Waals surface area contributed by atoms with Crippen molar-refractivity contribution in [2.45, 2.75) is 64.2 Å². The van der Waals surface area contributed by atoms with Crippen LogP contribution in [0.3, 0.4) is 0 Å². The van der Waals surface area contributed by atoms with Gasteiger partial charge in [-0.2, -0.15) is 0 Å². The fourth-order valence-electron chi connectivity index (χ4n) is 5.47. The van der Waals surface area contributed by atoms with Crippen LogP contribution in [0.25, 0.3) is 17.1 Å². The summed E-state index contributed by atoms with van der Waals surface area (Å²) in [5.41, 5.74) is 3.80. The Labute approximate surface area is 230 Å². The molecule has 39 heavy (non-hydrogen) atoms. The summed E-state index contributed by atoms with van der Waals surface area (Å²) < 4.78 is 1.98. The van der Waals surface area contributed by atoms with Gasteiger partial charge in [0.15, 0.2) is 0 Å². The molecule has 2 amide bonds. The van der Waals surface area contributed by atoms with E-state index in [1.54, 1.807) is 6.08 Å². The molecule has 1 aromatic heterocycles. The molecule has 1 atom stereocenters. The molecular formula is C33H36N4O2. The van der Waals surface area contributed by atoms with Crippen molar-refractivity contribution < 1.29 is 9.59 Å². The highest BCUT2D eigenvalue weighted by molar-refractivity contribution is 5.92. The maximum absolute atomic E-state index is 14.0. The van der Waals surface area contributed by atoms with Gasteiger partial charge in [-0.15, -0.1) is 0 Å². The number of nitrogens with zero attached hydrogens (tertiary/aromatic N) is 3. The van der Waals surface area contributed by atoms with E-state index in [9.17, 15) is 9.59 Å². The van der Waals surface area contributed by atoms with Gasteiger partial charge in [0.25, 0.3) is 0 Å². The lowest BCUT2D eigenvalue weighted by Crippen LogP contribution is -2.43. The van der Waals surface area contributed by atoms with Gasteiger partial charge in [-0.05, 0) is 49.1 Å². The first-order chi connectivity index (χ1) is 19.1. The smallest absolute Gasteiger partial charge is 0.244 e. The molecule has 1 aliphatic rings. The third-order valence-electron chi connectivity index (χ3n) is 7.48. The Hall–Kier alpha value is -4.19. The molecule has 0 bridgehead atoms. The fraction of sp³-hybridized carbons (Fsp3) is 0.303. The molecule has 1 fully saturated rings. The zero-order chi connectivity index (χ0) is 27.0. The lowest BCUT2D eigenvalue weighted by Gasteiger charge is -2.35. The molecule has 5 rings (SSSR count). The Morgan fingerprint density at radius 2 is 1.62 bits per heavy atom. The summed E-state index contributed by atoms with van der Waals surface area (Å²) in [4.78, 5) is 33.7. The molecule has 0 saturated heterocycles. The predicted octanol–water partition coefficient (Wildman–Crippen LogP) is 6.29. The molecule has 200 valence electrons. The van der Waals surface area contributed by atoms with E-state index in [-0.39, 0.29) is 30.4 Å². The molecule has 6 nitrogen and oxygen atoms in total. The van der Waals surface area contributed by atoms with Crippen LogP contribution in [0.4, 0.5) is 0 Å². The van der Waals surface area contributed by atoms with E-state index in [2.05, 4.69) is 22.3 Å². The zero-order valence-electron chi connectivity index (χ0n) is 22.5. The third kappa shape index (κ3) is 6.63. The van der Waals surface area contributed by atoms with Gasteiger partial charge in [0, 0.05) is 18.7 Å². The minimum atomic E-state index is -0.379. The predicted molar refractivity (Wildman–Crippen MR) is 156 cm³/mol. The van der Waals surface area contributed by atoms with Crippen LogP contribution in [0, 0.1) is 0 Å². The zero-order valence-corrected chi connectivity index (χ0v) is 22.5. The maximum atomic E-state index is 14.0. The number of rotatable bonds is 9. The molecule has 3 aromatic carbocycles. The van der Waals surface area contributed by atoms with Crippen molar-refractivity contribution in [3.63, 3.8) is 0 Å². The summed E-state index contributed by atoms with van der Waals surface area (Å²) in [5, 5.41) is 3.04. The van der Waals surface area contributed by atoms with Crippen LogP contribution in [0.1, 0.15) is 62.0 Å². The van der Waals surface area contributed by atoms with E-state index in [1.807, 2.05) is 84.3 Å². The lowest BCUT2D eigenvalue weighted by atomic mass is 9.93. The van der Waals surface area contributed by atoms with E-state index in [1.165, 1.54) is 12.5 Å². The quantitative estimate of drug-likeness (QED) is 0.264. The van der Waals surface area contributed by atoms with E-state index < -0.39 is 0 Å². The number of carbonyl (C=O) groups is 2. The highest BCUT2D eigenvalue weighted by Crippen LogP contribution is 2.26. The summed E-state index contributed by atoms with van der Waals surface area (Å²) in [6.45, 7) is 2.70. The molecule has 1 aliphatic carbocycles. The summed E-state index contributed by atoms with van der Waals surface area (Å²) in [6, 6.07) is 27.7. The maximum Gasteiger partial charge on any atom is 0.244 e. The average Bonchev–Trinajstić information content (AvgIpc) is 3.34. The van der Waals surface area contributed by atoms with Crippen molar-refractivity contribution in [3.05, 3.63) is 108 Å². The van der Waals surface area contributed by atoms with Crippen LogP contribution in [-0.2, 0) is 22.7 Å². The largest absolute Gasteiger partial charge is 0.343 e. The first-order valence-electron chi connectivity index (χ1n) is 13.9. The van der Waals surface area contributed by atoms with Crippen LogP contribution in [0.5, 0.6) is 0 Å². The average molecular weight is 521 g/mol. The number of hydrogen-bond acceptors (Lipinski definition) is 3. The highest BCUT2D eigenvalue weighted by atomic mass is 16.2. The summed E-state index contributed by atoms with van der Waals surface area (Å²) in [5.74, 6) is 0.552. The molecule has 0 aliphatic heterocycles. The standard InChI is InChI=1S/C33H36N4O2/c1-25(34-31(38)22-21-26-13-5-2-6-14-26)33-35-29-19-11-12-20-30(29)37(33)24-32(39)36(28-17-9-4-10-18-28)23-27-15-7-3-8-16-27/h2-3,5-8,11-16,19-22,25,28H,4,9-10,17-18,23-24H2,1H3,(H,34,38)/b22-21-. The Morgan fingerprint density at radius 3 is 2.36 bits per heavy atom. The molecule has 1 saturated carbocycles. The van der Waals surface area contributed by atoms with Crippen molar-refractivity contribution >= 4 is 28.9 Å². The van der Waals surface area contributed by atoms with Gasteiger partial charge in [0.1, 0.15) is 12.4 Å². The minimum absolute atomic E-state index is 0.0812. The molecule has 6 heteroatoms. The van der Waals surface area contributed by atoms with Gasteiger partial charge < -0.3 is 14.8 Å². The Bertz CT molecular complexity index is 1420. The number of fused-ring (bicyclic) bond motifs is 1. The first kappa shape index (κ1) is 26.4. The minimum Gasteiger partial charge on any atom is -0.343 e. The van der Waals surface area contributed by atoms with E-state index in [4.69, 9.17) is 4.98 Å². The first-order valence-corrected chi connectivity index (χ1v) is 13.9. The Kier molecular flexibility index (Phi) is 8.51. The Balaban J connectivity index is 1.39. The fourth-order valence-corrected chi connectivity index (χ4v) is 5.47. The lowest BCUT2D eigenvalue weighted by molar-refractivity contribution is -0.135. The van der Waals surface area contributed by atoms with E-state index >= 15 is 0 Å². The highest BCUT2D eigenvalue weighted by Gasteiger charge is 2.27. The molecular weight excluding hydrogens is 484 g/mol. The Morgan fingerprint density at radius 1 is 0.949 bits per heavy atom. The van der Waals surface area contributed by atoms with Crippen LogP contribution in [0.15, 0.2) is 91.0 Å². The monoisotopic (exact) mass is 520 g/mol. The van der Waals surface area contributed by atoms with Crippen LogP contribution >= 0.6 is 0 Å². The number of amides is 2. The molecule has 0 spiro atoms. The van der Waals surface area contributed by atoms with Crippen molar-refractivity contribution in [1.29, 1.82) is 0 Å². The third-order valence-corrected chi connectivity index (χ3v) is 7.48. The number of hydrogen-bond donors (Lipinski definition) is 1. The summed E-state index contributed by atoms with van der Waals surface area (Å²) in [6.07, 6.45) is 8.95. The van der Waals surface area contributed by atoms with Gasteiger partial charge in [0.2, 0.25) is 11.8 Å². The number of aromatic nitrogens is 2. The number of benzene rings is 3. The van der Waals surface area contributed by atoms with Gasteiger partial charge in [-0.1, -0.05) is 92.1 Å². The van der Waals surface area contributed by atoms with E-state index in [0.29, 0.717) is 12.4 Å². The molecule has 1 N–H and O–H groups in total. The van der Waals surface area contributed by atoms with Gasteiger partial charge >= 0.3 is 0 Å². The van der Waals surface area contributed by atoms with E-state index in [0.717, 1.165) is 47.8 Å². The SMILES string of the molecule is CC(NC(=O)/C=C\c1ccccc1)c1nc2ccccc2n1CC(=O)N(Cc1ccccc1)C1CCCCC1. The van der Waals surface area contributed by atoms with Crippen molar-refractivity contribution in [1.82, 2.24) is 19.8 Å². The van der Waals surface area contributed by atoms with Gasteiger partial charge in [0.05, 0.1) is 17.1 Å². The number of para-hydroxylation sites is 2. The van der Waals surface area contributed by atoms with Crippen molar-refractivity contribution in [3.8, 4) is 0 Å². The molecule has 4 aromatic rings. The number of carbonyl (C=O) groups excluding carboxylic acids is 2. The second-order valence-corrected chi connectivity index (χ2v) is 10.3. The normalized spacial score (nSPS) is 14.9. The van der Waals surface area contributed by atoms with Gasteiger partial charge in [-0.3, -0.25) is 9.59 Å². The van der Waals surface area contributed by atoms with Crippen molar-refractivity contribution in [2.24, 2.45) is 0 Å². The number of nitrogens with one attached hydrogen (secondary N) is 1. The topological polar surface area (TPSA) is 67.2 Å². The van der Waals surface area contributed by atoms with Crippen LogP contribution in [0.2, 0.25) is 0 Å². The summed E-state index contributed by atoms with van der Waals surface area (Å²) in [7, 11) is 0. The molecule has 0 radical (unpaired) electrons. The van der Waals surface area contributed by atoms with Crippen molar-refractivity contribution in [2.75, 3.05) is 0 Å².